The molecule has 0 spiro atoms. The van der Waals surface area contributed by atoms with Crippen LogP contribution < -0.4 is 4.90 Å². The molecule has 0 bridgehead atoms. The van der Waals surface area contributed by atoms with E-state index >= 15 is 0 Å². The fourth-order valence-corrected chi connectivity index (χ4v) is 2.73. The van der Waals surface area contributed by atoms with Crippen molar-refractivity contribution in [1.29, 1.82) is 0 Å². The Hall–Kier alpha value is -2.63. The maximum absolute atomic E-state index is 12.4. The summed E-state index contributed by atoms with van der Waals surface area (Å²) in [4.78, 5) is 27.5. The molecular weight excluding hydrogens is 294 g/mol. The third kappa shape index (κ3) is 3.26. The van der Waals surface area contributed by atoms with Gasteiger partial charge in [0.2, 0.25) is 5.91 Å². The first-order chi connectivity index (χ1) is 11.0. The number of hydrogen-bond donors (Lipinski definition) is 0. The number of aryl methyl sites for hydroxylation is 1. The lowest BCUT2D eigenvalue weighted by molar-refractivity contribution is -0.117. The number of carbonyl (C=O) groups is 2. The van der Waals surface area contributed by atoms with Gasteiger partial charge in [-0.15, -0.1) is 0 Å². The van der Waals surface area contributed by atoms with Gasteiger partial charge >= 0.3 is 0 Å². The molecular formula is C17H19N3O3. The second-order valence-corrected chi connectivity index (χ2v) is 5.79. The first-order valence-electron chi connectivity index (χ1n) is 7.62. The van der Waals surface area contributed by atoms with Crippen LogP contribution >= 0.6 is 0 Å². The quantitative estimate of drug-likeness (QED) is 0.869. The Morgan fingerprint density at radius 2 is 2.09 bits per heavy atom. The number of hydrogen-bond acceptors (Lipinski definition) is 4. The lowest BCUT2D eigenvalue weighted by Crippen LogP contribution is -2.27. The van der Waals surface area contributed by atoms with Gasteiger partial charge in [0.15, 0.2) is 0 Å². The Bertz CT molecular complexity index is 721. The van der Waals surface area contributed by atoms with Gasteiger partial charge in [-0.25, -0.2) is 0 Å². The Labute approximate surface area is 134 Å². The highest BCUT2D eigenvalue weighted by atomic mass is 16.5. The number of rotatable bonds is 4. The highest BCUT2D eigenvalue weighted by molar-refractivity contribution is 5.97. The molecule has 6 nitrogen and oxygen atoms in total. The normalized spacial score (nSPS) is 14.3. The third-order valence-electron chi connectivity index (χ3n) is 3.92. The zero-order valence-corrected chi connectivity index (χ0v) is 13.3. The van der Waals surface area contributed by atoms with E-state index in [-0.39, 0.29) is 11.8 Å². The second kappa shape index (κ2) is 6.24. The first kappa shape index (κ1) is 15.3. The van der Waals surface area contributed by atoms with Crippen LogP contribution in [0.25, 0.3) is 0 Å². The summed E-state index contributed by atoms with van der Waals surface area (Å²) in [5.41, 5.74) is 2.15. The fraction of sp³-hybridized carbons (Fsp3) is 0.353. The molecule has 0 aliphatic carbocycles. The van der Waals surface area contributed by atoms with Gasteiger partial charge in [-0.2, -0.15) is 0 Å². The summed E-state index contributed by atoms with van der Waals surface area (Å²) >= 11 is 0. The largest absolute Gasteiger partial charge is 0.361 e. The molecule has 1 saturated heterocycles. The molecule has 1 aromatic carbocycles. The van der Waals surface area contributed by atoms with Crippen LogP contribution in [0.5, 0.6) is 0 Å². The molecule has 23 heavy (non-hydrogen) atoms. The Morgan fingerprint density at radius 3 is 2.65 bits per heavy atom. The molecule has 0 unspecified atom stereocenters. The van der Waals surface area contributed by atoms with E-state index in [0.717, 1.165) is 30.1 Å². The van der Waals surface area contributed by atoms with Crippen LogP contribution in [-0.2, 0) is 11.3 Å². The molecule has 0 atom stereocenters. The number of benzene rings is 1. The van der Waals surface area contributed by atoms with Crippen molar-refractivity contribution < 1.29 is 14.1 Å². The van der Waals surface area contributed by atoms with Gasteiger partial charge in [-0.1, -0.05) is 5.16 Å². The molecule has 1 aliphatic rings. The van der Waals surface area contributed by atoms with Crippen molar-refractivity contribution >= 4 is 17.5 Å². The van der Waals surface area contributed by atoms with E-state index < -0.39 is 0 Å². The van der Waals surface area contributed by atoms with Crippen LogP contribution in [0.15, 0.2) is 34.9 Å². The Morgan fingerprint density at radius 1 is 1.35 bits per heavy atom. The molecule has 0 saturated carbocycles. The predicted molar refractivity (Wildman–Crippen MR) is 85.1 cm³/mol. The fourth-order valence-electron chi connectivity index (χ4n) is 2.73. The molecule has 1 aliphatic heterocycles. The summed E-state index contributed by atoms with van der Waals surface area (Å²) in [6, 6.07) is 8.97. The monoisotopic (exact) mass is 313 g/mol. The maximum Gasteiger partial charge on any atom is 0.253 e. The van der Waals surface area contributed by atoms with Crippen molar-refractivity contribution in [3.63, 3.8) is 0 Å². The van der Waals surface area contributed by atoms with Crippen molar-refractivity contribution in [1.82, 2.24) is 10.1 Å². The maximum atomic E-state index is 12.4. The van der Waals surface area contributed by atoms with Crippen LogP contribution in [0.2, 0.25) is 0 Å². The molecule has 1 fully saturated rings. The molecule has 2 amide bonds. The zero-order chi connectivity index (χ0) is 16.4. The highest BCUT2D eigenvalue weighted by Gasteiger charge is 2.22. The van der Waals surface area contributed by atoms with Crippen LogP contribution in [0.4, 0.5) is 5.69 Å². The summed E-state index contributed by atoms with van der Waals surface area (Å²) < 4.78 is 5.01. The standard InChI is InChI=1S/C17H19N3O3/c1-12-10-14(18-23-12)11-19(2)17(22)13-5-7-15(8-6-13)20-9-3-4-16(20)21/h5-8,10H,3-4,9,11H2,1-2H3. The van der Waals surface area contributed by atoms with Gasteiger partial charge in [0.25, 0.3) is 5.91 Å². The van der Waals surface area contributed by atoms with E-state index in [1.54, 1.807) is 29.0 Å². The molecule has 2 aromatic rings. The molecule has 6 heteroatoms. The van der Waals surface area contributed by atoms with Gasteiger partial charge in [0, 0.05) is 37.3 Å². The second-order valence-electron chi connectivity index (χ2n) is 5.79. The van der Waals surface area contributed by atoms with Crippen molar-refractivity contribution in [3.05, 3.63) is 47.3 Å². The molecule has 0 N–H and O–H groups in total. The van der Waals surface area contributed by atoms with E-state index in [9.17, 15) is 9.59 Å². The summed E-state index contributed by atoms with van der Waals surface area (Å²) in [7, 11) is 1.73. The molecule has 2 heterocycles. The summed E-state index contributed by atoms with van der Waals surface area (Å²) in [6.45, 7) is 2.96. The predicted octanol–water partition coefficient (Wildman–Crippen LogP) is 2.38. The zero-order valence-electron chi connectivity index (χ0n) is 13.3. The SMILES string of the molecule is Cc1cc(CN(C)C(=O)c2ccc(N3CCCC3=O)cc2)no1. The molecule has 0 radical (unpaired) electrons. The minimum atomic E-state index is -0.0926. The number of amides is 2. The van der Waals surface area contributed by atoms with Crippen LogP contribution in [0, 0.1) is 6.92 Å². The third-order valence-corrected chi connectivity index (χ3v) is 3.92. The van der Waals surface area contributed by atoms with Crippen LogP contribution in [0.3, 0.4) is 0 Å². The Kier molecular flexibility index (Phi) is 4.14. The van der Waals surface area contributed by atoms with Crippen molar-refractivity contribution in [3.8, 4) is 0 Å². The van der Waals surface area contributed by atoms with E-state index in [1.807, 2.05) is 25.1 Å². The number of carbonyl (C=O) groups excluding carboxylic acids is 2. The highest BCUT2D eigenvalue weighted by Crippen LogP contribution is 2.22. The molecule has 3 rings (SSSR count). The van der Waals surface area contributed by atoms with E-state index in [2.05, 4.69) is 5.16 Å². The lowest BCUT2D eigenvalue weighted by Gasteiger charge is -2.18. The summed E-state index contributed by atoms with van der Waals surface area (Å²) in [5.74, 6) is 0.771. The number of anilines is 1. The van der Waals surface area contributed by atoms with E-state index in [0.29, 0.717) is 18.5 Å². The van der Waals surface area contributed by atoms with Gasteiger partial charge in [0.05, 0.1) is 6.54 Å². The van der Waals surface area contributed by atoms with E-state index in [4.69, 9.17) is 4.52 Å². The van der Waals surface area contributed by atoms with Crippen LogP contribution in [-0.4, -0.2) is 35.5 Å². The minimum Gasteiger partial charge on any atom is -0.361 e. The van der Waals surface area contributed by atoms with Gasteiger partial charge in [-0.3, -0.25) is 9.59 Å². The molecule has 1 aromatic heterocycles. The van der Waals surface area contributed by atoms with Gasteiger partial charge in [-0.05, 0) is 37.6 Å². The smallest absolute Gasteiger partial charge is 0.253 e. The van der Waals surface area contributed by atoms with E-state index in [1.165, 1.54) is 0 Å². The van der Waals surface area contributed by atoms with Crippen LogP contribution in [0.1, 0.15) is 34.7 Å². The summed E-state index contributed by atoms with van der Waals surface area (Å²) in [5, 5.41) is 3.89. The van der Waals surface area contributed by atoms with Gasteiger partial charge in [0.1, 0.15) is 11.5 Å². The number of nitrogens with zero attached hydrogens (tertiary/aromatic N) is 3. The lowest BCUT2D eigenvalue weighted by atomic mass is 10.1. The van der Waals surface area contributed by atoms with Crippen molar-refractivity contribution in [2.45, 2.75) is 26.3 Å². The number of aromatic nitrogens is 1. The summed E-state index contributed by atoms with van der Waals surface area (Å²) in [6.07, 6.45) is 1.49. The average Bonchev–Trinajstić information content (AvgIpc) is 3.15. The Balaban J connectivity index is 1.68. The molecule has 120 valence electrons. The van der Waals surface area contributed by atoms with Crippen molar-refractivity contribution in [2.24, 2.45) is 0 Å². The van der Waals surface area contributed by atoms with Crippen molar-refractivity contribution in [2.75, 3.05) is 18.5 Å². The first-order valence-corrected chi connectivity index (χ1v) is 7.62. The average molecular weight is 313 g/mol. The topological polar surface area (TPSA) is 66.7 Å². The minimum absolute atomic E-state index is 0.0926. The van der Waals surface area contributed by atoms with Gasteiger partial charge < -0.3 is 14.3 Å².